The molecule has 0 amide bonds. The van der Waals surface area contributed by atoms with Crippen LogP contribution in [0.15, 0.2) is 18.3 Å². The van der Waals surface area contributed by atoms with Gasteiger partial charge in [-0.3, -0.25) is 4.79 Å². The van der Waals surface area contributed by atoms with Gasteiger partial charge in [0.25, 0.3) is 0 Å². The molecular formula is C12H13F3N2O. The Morgan fingerprint density at radius 2 is 2.22 bits per heavy atom. The number of nitrogens with zero attached hydrogens (tertiary/aromatic N) is 2. The largest absolute Gasteiger partial charge is 0.416 e. The number of hydrogen-bond donors (Lipinski definition) is 0. The molecule has 2 rings (SSSR count). The predicted octanol–water partition coefficient (Wildman–Crippen LogP) is 2.52. The number of anilines is 1. The first-order valence-electron chi connectivity index (χ1n) is 5.66. The second-order valence-corrected chi connectivity index (χ2v) is 4.44. The third-order valence-electron chi connectivity index (χ3n) is 3.16. The number of rotatable bonds is 2. The molecule has 0 unspecified atom stereocenters. The van der Waals surface area contributed by atoms with Crippen LogP contribution in [-0.4, -0.2) is 23.9 Å². The van der Waals surface area contributed by atoms with E-state index in [9.17, 15) is 18.0 Å². The highest BCUT2D eigenvalue weighted by Crippen LogP contribution is 2.32. The zero-order valence-electron chi connectivity index (χ0n) is 9.87. The summed E-state index contributed by atoms with van der Waals surface area (Å²) >= 11 is 0. The summed E-state index contributed by atoms with van der Waals surface area (Å²) in [6.45, 7) is 2.52. The summed E-state index contributed by atoms with van der Waals surface area (Å²) in [5.74, 6) is 0.263. The number of hydrogen-bond acceptors (Lipinski definition) is 3. The summed E-state index contributed by atoms with van der Waals surface area (Å²) in [4.78, 5) is 16.9. The minimum Gasteiger partial charge on any atom is -0.356 e. The summed E-state index contributed by atoms with van der Waals surface area (Å²) in [6, 6.07) is 1.98. The van der Waals surface area contributed by atoms with Crippen LogP contribution in [0.1, 0.15) is 18.9 Å². The van der Waals surface area contributed by atoms with E-state index in [-0.39, 0.29) is 17.5 Å². The minimum absolute atomic E-state index is 0.0736. The molecule has 3 nitrogen and oxygen atoms in total. The zero-order chi connectivity index (χ0) is 13.3. The Balaban J connectivity index is 2.18. The lowest BCUT2D eigenvalue weighted by atomic mass is 10.1. The Labute approximate surface area is 103 Å². The SMILES string of the molecule is CC(=O)[C@@H]1CCN(c2cc(C(F)(F)F)ccn2)C1. The Bertz CT molecular complexity index is 459. The molecule has 1 aromatic heterocycles. The molecule has 18 heavy (non-hydrogen) atoms. The van der Waals surface area contributed by atoms with Gasteiger partial charge < -0.3 is 4.90 Å². The smallest absolute Gasteiger partial charge is 0.356 e. The Kier molecular flexibility index (Phi) is 3.28. The number of Topliss-reactive ketones (excluding diaryl/α,β-unsaturated/α-hetero) is 1. The average molecular weight is 258 g/mol. The lowest BCUT2D eigenvalue weighted by Crippen LogP contribution is -2.23. The van der Waals surface area contributed by atoms with Crippen molar-refractivity contribution in [3.8, 4) is 0 Å². The van der Waals surface area contributed by atoms with Gasteiger partial charge >= 0.3 is 6.18 Å². The normalized spacial score (nSPS) is 20.2. The van der Waals surface area contributed by atoms with Gasteiger partial charge in [0.1, 0.15) is 11.6 Å². The third kappa shape index (κ3) is 2.63. The molecule has 0 radical (unpaired) electrons. The van der Waals surface area contributed by atoms with Crippen LogP contribution in [0, 0.1) is 5.92 Å². The van der Waals surface area contributed by atoms with Crippen LogP contribution in [0.5, 0.6) is 0 Å². The molecule has 2 heterocycles. The van der Waals surface area contributed by atoms with E-state index in [0.29, 0.717) is 19.5 Å². The van der Waals surface area contributed by atoms with Gasteiger partial charge in [0, 0.05) is 25.2 Å². The van der Waals surface area contributed by atoms with Crippen molar-refractivity contribution in [2.24, 2.45) is 5.92 Å². The van der Waals surface area contributed by atoms with Crippen LogP contribution in [0.3, 0.4) is 0 Å². The zero-order valence-corrected chi connectivity index (χ0v) is 9.87. The maximum atomic E-state index is 12.6. The summed E-state index contributed by atoms with van der Waals surface area (Å²) < 4.78 is 37.7. The molecule has 1 atom stereocenters. The van der Waals surface area contributed by atoms with Gasteiger partial charge in [0.15, 0.2) is 0 Å². The fraction of sp³-hybridized carbons (Fsp3) is 0.500. The molecule has 6 heteroatoms. The van der Waals surface area contributed by atoms with Crippen molar-refractivity contribution in [2.45, 2.75) is 19.5 Å². The monoisotopic (exact) mass is 258 g/mol. The maximum absolute atomic E-state index is 12.6. The van der Waals surface area contributed by atoms with Gasteiger partial charge in [-0.15, -0.1) is 0 Å². The molecule has 1 fully saturated rings. The number of carbonyl (C=O) groups is 1. The van der Waals surface area contributed by atoms with Crippen LogP contribution in [-0.2, 0) is 11.0 Å². The second-order valence-electron chi connectivity index (χ2n) is 4.44. The van der Waals surface area contributed by atoms with E-state index in [1.54, 1.807) is 4.90 Å². The molecule has 0 aromatic carbocycles. The highest BCUT2D eigenvalue weighted by atomic mass is 19.4. The van der Waals surface area contributed by atoms with E-state index < -0.39 is 11.7 Å². The quantitative estimate of drug-likeness (QED) is 0.817. The summed E-state index contributed by atoms with van der Waals surface area (Å²) in [5, 5.41) is 0. The second kappa shape index (κ2) is 4.59. The van der Waals surface area contributed by atoms with Gasteiger partial charge in [-0.1, -0.05) is 0 Å². The van der Waals surface area contributed by atoms with Gasteiger partial charge in [-0.05, 0) is 25.5 Å². The van der Waals surface area contributed by atoms with E-state index in [1.807, 2.05) is 0 Å². The van der Waals surface area contributed by atoms with E-state index in [4.69, 9.17) is 0 Å². The molecule has 0 spiro atoms. The van der Waals surface area contributed by atoms with Crippen molar-refractivity contribution in [3.05, 3.63) is 23.9 Å². The van der Waals surface area contributed by atoms with Crippen molar-refractivity contribution < 1.29 is 18.0 Å². The molecule has 0 aliphatic carbocycles. The van der Waals surface area contributed by atoms with Crippen molar-refractivity contribution in [3.63, 3.8) is 0 Å². The number of halogens is 3. The standard InChI is InChI=1S/C12H13F3N2O/c1-8(18)9-3-5-17(7-9)11-6-10(2-4-16-11)12(13,14)15/h2,4,6,9H,3,5,7H2,1H3/t9-/m1/s1. The van der Waals surface area contributed by atoms with Crippen LogP contribution >= 0.6 is 0 Å². The number of pyridine rings is 1. The van der Waals surface area contributed by atoms with E-state index in [0.717, 1.165) is 18.3 Å². The molecule has 0 bridgehead atoms. The molecule has 98 valence electrons. The fourth-order valence-electron chi connectivity index (χ4n) is 2.07. The first kappa shape index (κ1) is 12.9. The van der Waals surface area contributed by atoms with Crippen LogP contribution in [0.25, 0.3) is 0 Å². The van der Waals surface area contributed by atoms with Gasteiger partial charge in [-0.25, -0.2) is 4.98 Å². The molecule has 1 aromatic rings. The lowest BCUT2D eigenvalue weighted by molar-refractivity contribution is -0.137. The van der Waals surface area contributed by atoms with Gasteiger partial charge in [0.2, 0.25) is 0 Å². The number of ketones is 1. The maximum Gasteiger partial charge on any atom is 0.416 e. The highest BCUT2D eigenvalue weighted by Gasteiger charge is 2.32. The number of aromatic nitrogens is 1. The predicted molar refractivity (Wildman–Crippen MR) is 60.2 cm³/mol. The molecule has 0 N–H and O–H groups in total. The van der Waals surface area contributed by atoms with E-state index >= 15 is 0 Å². The molecular weight excluding hydrogens is 245 g/mol. The Morgan fingerprint density at radius 3 is 2.78 bits per heavy atom. The van der Waals surface area contributed by atoms with E-state index in [1.165, 1.54) is 6.92 Å². The highest BCUT2D eigenvalue weighted by molar-refractivity contribution is 5.79. The molecule has 1 saturated heterocycles. The van der Waals surface area contributed by atoms with Crippen molar-refractivity contribution in [1.82, 2.24) is 4.98 Å². The fourth-order valence-corrected chi connectivity index (χ4v) is 2.07. The molecule has 0 saturated carbocycles. The Morgan fingerprint density at radius 1 is 1.50 bits per heavy atom. The van der Waals surface area contributed by atoms with Crippen molar-refractivity contribution in [2.75, 3.05) is 18.0 Å². The number of alkyl halides is 3. The molecule has 1 aliphatic rings. The number of carbonyl (C=O) groups excluding carboxylic acids is 1. The minimum atomic E-state index is -4.36. The van der Waals surface area contributed by atoms with Gasteiger partial charge in [-0.2, -0.15) is 13.2 Å². The Hall–Kier alpha value is -1.59. The summed E-state index contributed by atoms with van der Waals surface area (Å²) in [5.41, 5.74) is -0.709. The first-order chi connectivity index (χ1) is 8.38. The summed E-state index contributed by atoms with van der Waals surface area (Å²) in [6.07, 6.45) is -2.54. The summed E-state index contributed by atoms with van der Waals surface area (Å²) in [7, 11) is 0. The average Bonchev–Trinajstić information content (AvgIpc) is 2.77. The van der Waals surface area contributed by atoms with Crippen LogP contribution in [0.4, 0.5) is 19.0 Å². The lowest BCUT2D eigenvalue weighted by Gasteiger charge is -2.18. The van der Waals surface area contributed by atoms with Gasteiger partial charge in [0.05, 0.1) is 5.56 Å². The topological polar surface area (TPSA) is 33.2 Å². The molecule has 1 aliphatic heterocycles. The first-order valence-corrected chi connectivity index (χ1v) is 5.66. The van der Waals surface area contributed by atoms with Crippen LogP contribution < -0.4 is 4.90 Å². The third-order valence-corrected chi connectivity index (χ3v) is 3.16. The van der Waals surface area contributed by atoms with Crippen molar-refractivity contribution in [1.29, 1.82) is 0 Å². The van der Waals surface area contributed by atoms with Crippen molar-refractivity contribution >= 4 is 11.6 Å². The van der Waals surface area contributed by atoms with E-state index in [2.05, 4.69) is 4.98 Å². The van der Waals surface area contributed by atoms with Crippen LogP contribution in [0.2, 0.25) is 0 Å².